The van der Waals surface area contributed by atoms with Gasteiger partial charge in [0, 0.05) is 26.2 Å². The van der Waals surface area contributed by atoms with Crippen LogP contribution in [0.3, 0.4) is 0 Å². The zero-order valence-electron chi connectivity index (χ0n) is 14.5. The Morgan fingerprint density at radius 2 is 1.67 bits per heavy atom. The standard InChI is InChI=1S/C16H24N2O5S/c1-16(2,3)23-15(19)17-9-11-18(12-10-17)24(20,21)14-8-6-5-7-13(14)22-4/h5-8H,9-12H2,1-4H3. The number of nitrogens with zero attached hydrogens (tertiary/aromatic N) is 2. The van der Waals surface area contributed by atoms with E-state index in [1.54, 1.807) is 39.0 Å². The molecule has 0 radical (unpaired) electrons. The Balaban J connectivity index is 2.07. The average Bonchev–Trinajstić information content (AvgIpc) is 2.53. The van der Waals surface area contributed by atoms with Gasteiger partial charge >= 0.3 is 6.09 Å². The lowest BCUT2D eigenvalue weighted by Crippen LogP contribution is -2.51. The predicted octanol–water partition coefficient (Wildman–Crippen LogP) is 1.94. The van der Waals surface area contributed by atoms with E-state index in [1.165, 1.54) is 22.4 Å². The number of ether oxygens (including phenoxy) is 2. The van der Waals surface area contributed by atoms with Gasteiger partial charge in [-0.25, -0.2) is 13.2 Å². The second-order valence-corrected chi connectivity index (χ2v) is 8.43. The Labute approximate surface area is 143 Å². The number of benzene rings is 1. The minimum atomic E-state index is -3.66. The molecule has 1 aliphatic rings. The molecule has 134 valence electrons. The summed E-state index contributed by atoms with van der Waals surface area (Å²) in [5, 5.41) is 0. The Morgan fingerprint density at radius 1 is 1.08 bits per heavy atom. The molecule has 0 spiro atoms. The lowest BCUT2D eigenvalue weighted by atomic mass is 10.2. The van der Waals surface area contributed by atoms with Crippen molar-refractivity contribution in [1.29, 1.82) is 0 Å². The first-order chi connectivity index (χ1) is 11.1. The van der Waals surface area contributed by atoms with Crippen molar-refractivity contribution >= 4 is 16.1 Å². The lowest BCUT2D eigenvalue weighted by Gasteiger charge is -2.35. The van der Waals surface area contributed by atoms with E-state index in [2.05, 4.69) is 0 Å². The van der Waals surface area contributed by atoms with E-state index in [1.807, 2.05) is 0 Å². The number of rotatable bonds is 3. The van der Waals surface area contributed by atoms with E-state index in [9.17, 15) is 13.2 Å². The van der Waals surface area contributed by atoms with Crippen LogP contribution in [0, 0.1) is 0 Å². The number of hydrogen-bond acceptors (Lipinski definition) is 5. The Morgan fingerprint density at radius 3 is 2.21 bits per heavy atom. The molecular weight excluding hydrogens is 332 g/mol. The van der Waals surface area contributed by atoms with Crippen LogP contribution in [0.2, 0.25) is 0 Å². The van der Waals surface area contributed by atoms with Gasteiger partial charge in [-0.1, -0.05) is 12.1 Å². The zero-order chi connectivity index (χ0) is 18.0. The fraction of sp³-hybridized carbons (Fsp3) is 0.562. The minimum absolute atomic E-state index is 0.137. The van der Waals surface area contributed by atoms with Crippen molar-refractivity contribution in [3.63, 3.8) is 0 Å². The summed E-state index contributed by atoms with van der Waals surface area (Å²) < 4.78 is 37.4. The van der Waals surface area contributed by atoms with Crippen LogP contribution in [0.1, 0.15) is 20.8 Å². The predicted molar refractivity (Wildman–Crippen MR) is 89.6 cm³/mol. The van der Waals surface area contributed by atoms with Crippen molar-refractivity contribution in [2.75, 3.05) is 33.3 Å². The Bertz CT molecular complexity index is 689. The molecule has 0 aromatic heterocycles. The van der Waals surface area contributed by atoms with Crippen molar-refractivity contribution in [1.82, 2.24) is 9.21 Å². The van der Waals surface area contributed by atoms with Crippen LogP contribution >= 0.6 is 0 Å². The second-order valence-electron chi connectivity index (χ2n) is 6.52. The molecule has 1 aromatic carbocycles. The summed E-state index contributed by atoms with van der Waals surface area (Å²) in [5.74, 6) is 0.312. The first-order valence-corrected chi connectivity index (χ1v) is 9.20. The van der Waals surface area contributed by atoms with Gasteiger partial charge in [0.2, 0.25) is 10.0 Å². The number of methoxy groups -OCH3 is 1. The highest BCUT2D eigenvalue weighted by Gasteiger charge is 2.33. The molecule has 1 aliphatic heterocycles. The fourth-order valence-corrected chi connectivity index (χ4v) is 3.99. The van der Waals surface area contributed by atoms with Gasteiger partial charge in [-0.15, -0.1) is 0 Å². The van der Waals surface area contributed by atoms with E-state index < -0.39 is 21.7 Å². The monoisotopic (exact) mass is 356 g/mol. The van der Waals surface area contributed by atoms with E-state index >= 15 is 0 Å². The normalized spacial score (nSPS) is 16.8. The third kappa shape index (κ3) is 4.18. The molecule has 2 rings (SSSR count). The summed E-state index contributed by atoms with van der Waals surface area (Å²) in [4.78, 5) is 13.7. The van der Waals surface area contributed by atoms with Gasteiger partial charge in [0.1, 0.15) is 16.2 Å². The lowest BCUT2D eigenvalue weighted by molar-refractivity contribution is 0.0192. The highest BCUT2D eigenvalue weighted by molar-refractivity contribution is 7.89. The summed E-state index contributed by atoms with van der Waals surface area (Å²) in [6, 6.07) is 6.52. The summed E-state index contributed by atoms with van der Waals surface area (Å²) in [6.45, 7) is 6.43. The molecule has 1 aromatic rings. The third-order valence-electron chi connectivity index (χ3n) is 3.58. The van der Waals surface area contributed by atoms with E-state index in [0.29, 0.717) is 18.8 Å². The number of para-hydroxylation sites is 1. The van der Waals surface area contributed by atoms with Crippen molar-refractivity contribution in [3.8, 4) is 5.75 Å². The van der Waals surface area contributed by atoms with Crippen LogP contribution in [0.5, 0.6) is 5.75 Å². The van der Waals surface area contributed by atoms with Crippen LogP contribution in [0.4, 0.5) is 4.79 Å². The quantitative estimate of drug-likeness (QED) is 0.827. The van der Waals surface area contributed by atoms with Crippen molar-refractivity contribution in [2.45, 2.75) is 31.3 Å². The minimum Gasteiger partial charge on any atom is -0.495 e. The second kappa shape index (κ2) is 6.98. The summed E-state index contributed by atoms with van der Waals surface area (Å²) in [6.07, 6.45) is -0.420. The van der Waals surface area contributed by atoms with E-state index in [0.717, 1.165) is 0 Å². The summed E-state index contributed by atoms with van der Waals surface area (Å²) in [7, 11) is -2.22. The largest absolute Gasteiger partial charge is 0.495 e. The average molecular weight is 356 g/mol. The van der Waals surface area contributed by atoms with Crippen LogP contribution in [0.15, 0.2) is 29.2 Å². The van der Waals surface area contributed by atoms with Gasteiger partial charge < -0.3 is 14.4 Å². The van der Waals surface area contributed by atoms with Gasteiger partial charge in [-0.3, -0.25) is 0 Å². The van der Waals surface area contributed by atoms with Gasteiger partial charge in [-0.2, -0.15) is 4.31 Å². The molecule has 0 unspecified atom stereocenters. The number of carbonyl (C=O) groups is 1. The maximum Gasteiger partial charge on any atom is 0.410 e. The number of piperazine rings is 1. The van der Waals surface area contributed by atoms with Gasteiger partial charge in [0.25, 0.3) is 0 Å². The SMILES string of the molecule is COc1ccccc1S(=O)(=O)N1CCN(C(=O)OC(C)(C)C)CC1. The first kappa shape index (κ1) is 18.5. The summed E-state index contributed by atoms with van der Waals surface area (Å²) >= 11 is 0. The van der Waals surface area contributed by atoms with Gasteiger partial charge in [0.15, 0.2) is 0 Å². The molecule has 0 bridgehead atoms. The number of hydrogen-bond donors (Lipinski definition) is 0. The Hall–Kier alpha value is -1.80. The van der Waals surface area contributed by atoms with Crippen LogP contribution in [0.25, 0.3) is 0 Å². The molecule has 0 atom stereocenters. The highest BCUT2D eigenvalue weighted by Crippen LogP contribution is 2.27. The van der Waals surface area contributed by atoms with Gasteiger partial charge in [0.05, 0.1) is 7.11 Å². The molecule has 1 amide bonds. The van der Waals surface area contributed by atoms with Gasteiger partial charge in [-0.05, 0) is 32.9 Å². The molecule has 1 fully saturated rings. The summed E-state index contributed by atoms with van der Waals surface area (Å²) in [5.41, 5.74) is -0.572. The molecule has 1 saturated heterocycles. The van der Waals surface area contributed by atoms with Crippen molar-refractivity contribution in [3.05, 3.63) is 24.3 Å². The molecule has 7 nitrogen and oxygen atoms in total. The van der Waals surface area contributed by atoms with Crippen molar-refractivity contribution < 1.29 is 22.7 Å². The molecule has 0 aliphatic carbocycles. The fourth-order valence-electron chi connectivity index (χ4n) is 2.41. The maximum atomic E-state index is 12.8. The van der Waals surface area contributed by atoms with Crippen LogP contribution < -0.4 is 4.74 Å². The smallest absolute Gasteiger partial charge is 0.410 e. The number of sulfonamides is 1. The number of carbonyl (C=O) groups excluding carboxylic acids is 1. The van der Waals surface area contributed by atoms with Crippen LogP contribution in [-0.2, 0) is 14.8 Å². The third-order valence-corrected chi connectivity index (χ3v) is 5.52. The molecule has 1 heterocycles. The number of amides is 1. The topological polar surface area (TPSA) is 76.2 Å². The Kier molecular flexibility index (Phi) is 5.39. The van der Waals surface area contributed by atoms with Crippen LogP contribution in [-0.4, -0.2) is 62.6 Å². The van der Waals surface area contributed by atoms with Crippen molar-refractivity contribution in [2.24, 2.45) is 0 Å². The molecule has 8 heteroatoms. The van der Waals surface area contributed by atoms with E-state index in [4.69, 9.17) is 9.47 Å². The molecule has 0 saturated carbocycles. The molecule has 24 heavy (non-hydrogen) atoms. The molecule has 0 N–H and O–H groups in total. The van der Waals surface area contributed by atoms with E-state index in [-0.39, 0.29) is 18.0 Å². The first-order valence-electron chi connectivity index (χ1n) is 7.76. The zero-order valence-corrected chi connectivity index (χ0v) is 15.3. The molecular formula is C16H24N2O5S. The highest BCUT2D eigenvalue weighted by atomic mass is 32.2. The maximum absolute atomic E-state index is 12.8.